The summed E-state index contributed by atoms with van der Waals surface area (Å²) < 4.78 is 1.93. The molecule has 2 aromatic heterocycles. The molecule has 0 spiro atoms. The van der Waals surface area contributed by atoms with Crippen LogP contribution in [0.15, 0.2) is 79.0 Å². The maximum Gasteiger partial charge on any atom is 0.166 e. The van der Waals surface area contributed by atoms with Crippen molar-refractivity contribution in [3.63, 3.8) is 0 Å². The summed E-state index contributed by atoms with van der Waals surface area (Å²) in [6.07, 6.45) is 2.70. The molecule has 0 atom stereocenters. The normalized spacial score (nSPS) is 11.2. The number of rotatable bonds is 5. The summed E-state index contributed by atoms with van der Waals surface area (Å²) in [5, 5.41) is 6.91. The number of aromatic nitrogens is 3. The topological polar surface area (TPSA) is 50.7 Å². The van der Waals surface area contributed by atoms with Crippen LogP contribution >= 0.6 is 23.2 Å². The molecule has 0 aliphatic rings. The molecule has 0 saturated carbocycles. The van der Waals surface area contributed by atoms with Crippen molar-refractivity contribution < 1.29 is 4.79 Å². The zero-order valence-electron chi connectivity index (χ0n) is 16.3. The number of nitrogens with one attached hydrogen (secondary N) is 1. The Balaban J connectivity index is 1.76. The molecule has 0 amide bonds. The third-order valence-corrected chi connectivity index (χ3v) is 5.80. The molecular weight excluding hydrogens is 429 g/mol. The number of carbonyl (C=O) groups is 1. The number of H-pyrrole nitrogens is 1. The quantitative estimate of drug-likeness (QED) is 0.300. The van der Waals surface area contributed by atoms with Crippen molar-refractivity contribution in [3.05, 3.63) is 100 Å². The van der Waals surface area contributed by atoms with Crippen LogP contribution in [0.3, 0.4) is 0 Å². The molecule has 0 aliphatic heterocycles. The van der Waals surface area contributed by atoms with E-state index in [9.17, 15) is 4.79 Å². The number of benzene rings is 3. The summed E-state index contributed by atoms with van der Waals surface area (Å²) in [4.78, 5) is 15.2. The Hall–Kier alpha value is -3.34. The summed E-state index contributed by atoms with van der Waals surface area (Å²) in [6, 6.07) is 23.3. The van der Waals surface area contributed by atoms with Crippen LogP contribution in [-0.4, -0.2) is 21.1 Å². The minimum absolute atomic E-state index is 0.493. The van der Waals surface area contributed by atoms with Crippen LogP contribution in [0, 0.1) is 0 Å². The van der Waals surface area contributed by atoms with E-state index in [0.29, 0.717) is 22.3 Å². The van der Waals surface area contributed by atoms with Crippen molar-refractivity contribution in [2.45, 2.75) is 6.54 Å². The van der Waals surface area contributed by atoms with Gasteiger partial charge in [0.1, 0.15) is 0 Å². The predicted octanol–water partition coefficient (Wildman–Crippen LogP) is 6.87. The smallest absolute Gasteiger partial charge is 0.166 e. The summed E-state index contributed by atoms with van der Waals surface area (Å²) in [5.41, 5.74) is 6.02. The van der Waals surface area contributed by atoms with E-state index in [-0.39, 0.29) is 0 Å². The van der Waals surface area contributed by atoms with Gasteiger partial charge in [-0.05, 0) is 35.4 Å². The molecular formula is C25H17Cl2N3O. The molecule has 6 heteroatoms. The number of nitrogens with zero attached hydrogens (tertiary/aromatic N) is 2. The molecule has 5 rings (SSSR count). The molecule has 0 bridgehead atoms. The van der Waals surface area contributed by atoms with Gasteiger partial charge in [0.05, 0.1) is 24.1 Å². The minimum atomic E-state index is 0.493. The molecule has 2 heterocycles. The fourth-order valence-electron chi connectivity index (χ4n) is 3.89. The van der Waals surface area contributed by atoms with Crippen LogP contribution < -0.4 is 0 Å². The van der Waals surface area contributed by atoms with Crippen molar-refractivity contribution in [1.82, 2.24) is 14.8 Å². The lowest BCUT2D eigenvalue weighted by Gasteiger charge is -2.11. The number of halogens is 2. The van der Waals surface area contributed by atoms with Gasteiger partial charge in [-0.3, -0.25) is 9.48 Å². The number of fused-ring (bicyclic) bond motifs is 1. The molecule has 0 fully saturated rings. The Labute approximate surface area is 189 Å². The zero-order valence-corrected chi connectivity index (χ0v) is 17.9. The second-order valence-electron chi connectivity index (χ2n) is 7.28. The van der Waals surface area contributed by atoms with E-state index in [0.717, 1.165) is 45.1 Å². The van der Waals surface area contributed by atoms with E-state index in [1.807, 2.05) is 83.7 Å². The SMILES string of the molecule is O=Cc1[nH]c2cc(Cl)ccc2c1-c1c(-c2ccccc2)cnn1Cc1ccc(Cl)cc1. The number of aromatic amines is 1. The van der Waals surface area contributed by atoms with Crippen LogP contribution in [0.4, 0.5) is 0 Å². The molecule has 0 unspecified atom stereocenters. The first-order chi connectivity index (χ1) is 15.1. The van der Waals surface area contributed by atoms with E-state index in [1.165, 1.54) is 0 Å². The highest BCUT2D eigenvalue weighted by atomic mass is 35.5. The molecule has 0 radical (unpaired) electrons. The molecule has 31 heavy (non-hydrogen) atoms. The maximum absolute atomic E-state index is 12.0. The van der Waals surface area contributed by atoms with Gasteiger partial charge in [0.25, 0.3) is 0 Å². The van der Waals surface area contributed by atoms with Crippen LogP contribution in [0.5, 0.6) is 0 Å². The Morgan fingerprint density at radius 3 is 2.42 bits per heavy atom. The average molecular weight is 446 g/mol. The lowest BCUT2D eigenvalue weighted by Crippen LogP contribution is -2.05. The highest BCUT2D eigenvalue weighted by molar-refractivity contribution is 6.31. The fourth-order valence-corrected chi connectivity index (χ4v) is 4.19. The van der Waals surface area contributed by atoms with Gasteiger partial charge < -0.3 is 4.98 Å². The van der Waals surface area contributed by atoms with Gasteiger partial charge in [0.15, 0.2) is 6.29 Å². The minimum Gasteiger partial charge on any atom is -0.352 e. The Morgan fingerprint density at radius 1 is 0.935 bits per heavy atom. The summed E-state index contributed by atoms with van der Waals surface area (Å²) >= 11 is 12.2. The van der Waals surface area contributed by atoms with Crippen molar-refractivity contribution in [2.75, 3.05) is 0 Å². The van der Waals surface area contributed by atoms with Crippen LogP contribution in [0.2, 0.25) is 10.0 Å². The molecule has 0 aliphatic carbocycles. The van der Waals surface area contributed by atoms with Crippen molar-refractivity contribution in [2.24, 2.45) is 0 Å². The molecule has 3 aromatic carbocycles. The van der Waals surface area contributed by atoms with Gasteiger partial charge in [0, 0.05) is 32.1 Å². The zero-order chi connectivity index (χ0) is 21.4. The van der Waals surface area contributed by atoms with E-state index in [4.69, 9.17) is 28.3 Å². The highest BCUT2D eigenvalue weighted by Gasteiger charge is 2.22. The second-order valence-corrected chi connectivity index (χ2v) is 8.15. The first-order valence-electron chi connectivity index (χ1n) is 9.76. The Bertz CT molecular complexity index is 1390. The van der Waals surface area contributed by atoms with Crippen LogP contribution in [-0.2, 0) is 6.54 Å². The Kier molecular flexibility index (Phi) is 5.10. The van der Waals surface area contributed by atoms with Gasteiger partial charge in [-0.15, -0.1) is 0 Å². The summed E-state index contributed by atoms with van der Waals surface area (Å²) in [6.45, 7) is 0.540. The number of aldehydes is 1. The number of carbonyl (C=O) groups excluding carboxylic acids is 1. The molecule has 1 N–H and O–H groups in total. The largest absolute Gasteiger partial charge is 0.352 e. The summed E-state index contributed by atoms with van der Waals surface area (Å²) in [5.74, 6) is 0. The highest BCUT2D eigenvalue weighted by Crippen LogP contribution is 2.39. The first kappa shape index (κ1) is 19.6. The molecule has 5 aromatic rings. The van der Waals surface area contributed by atoms with Gasteiger partial charge >= 0.3 is 0 Å². The van der Waals surface area contributed by atoms with E-state index >= 15 is 0 Å². The molecule has 152 valence electrons. The summed E-state index contributed by atoms with van der Waals surface area (Å²) in [7, 11) is 0. The van der Waals surface area contributed by atoms with E-state index in [2.05, 4.69) is 4.98 Å². The van der Waals surface area contributed by atoms with Gasteiger partial charge in [-0.2, -0.15) is 5.10 Å². The lowest BCUT2D eigenvalue weighted by atomic mass is 9.99. The van der Waals surface area contributed by atoms with Crippen LogP contribution in [0.25, 0.3) is 33.3 Å². The van der Waals surface area contributed by atoms with E-state index in [1.54, 1.807) is 0 Å². The average Bonchev–Trinajstić information content (AvgIpc) is 3.36. The predicted molar refractivity (Wildman–Crippen MR) is 126 cm³/mol. The van der Waals surface area contributed by atoms with Crippen molar-refractivity contribution >= 4 is 40.4 Å². The van der Waals surface area contributed by atoms with Crippen molar-refractivity contribution in [3.8, 4) is 22.4 Å². The van der Waals surface area contributed by atoms with E-state index < -0.39 is 0 Å². The molecule has 4 nitrogen and oxygen atoms in total. The number of hydrogen-bond donors (Lipinski definition) is 1. The van der Waals surface area contributed by atoms with Gasteiger partial charge in [-0.1, -0.05) is 71.7 Å². The van der Waals surface area contributed by atoms with Gasteiger partial charge in [0.2, 0.25) is 0 Å². The maximum atomic E-state index is 12.0. The standard InChI is InChI=1S/C25H17Cl2N3O/c26-18-8-6-16(7-9-18)14-30-25(21(13-28-30)17-4-2-1-3-5-17)24-20-11-10-19(27)12-22(20)29-23(24)15-31/h1-13,15,29H,14H2. The monoisotopic (exact) mass is 445 g/mol. The molecule has 0 saturated heterocycles. The number of hydrogen-bond acceptors (Lipinski definition) is 2. The fraction of sp³-hybridized carbons (Fsp3) is 0.0400. The third-order valence-electron chi connectivity index (χ3n) is 5.31. The van der Waals surface area contributed by atoms with Crippen LogP contribution in [0.1, 0.15) is 16.1 Å². The Morgan fingerprint density at radius 2 is 1.68 bits per heavy atom. The van der Waals surface area contributed by atoms with Gasteiger partial charge in [-0.25, -0.2) is 0 Å². The third kappa shape index (κ3) is 3.65. The second kappa shape index (κ2) is 8.06. The lowest BCUT2D eigenvalue weighted by molar-refractivity contribution is 0.112. The first-order valence-corrected chi connectivity index (χ1v) is 10.5. The van der Waals surface area contributed by atoms with Crippen molar-refractivity contribution in [1.29, 1.82) is 0 Å².